The number of allylic oxidation sites excluding steroid dienone is 5. The Morgan fingerprint density at radius 2 is 2.07 bits per heavy atom. The summed E-state index contributed by atoms with van der Waals surface area (Å²) in [6.45, 7) is 2.32. The van der Waals surface area contributed by atoms with E-state index in [1.165, 1.54) is 12.1 Å². The fourth-order valence-electron chi connectivity index (χ4n) is 2.48. The summed E-state index contributed by atoms with van der Waals surface area (Å²) >= 11 is 0. The van der Waals surface area contributed by atoms with E-state index in [4.69, 9.17) is 10.8 Å². The average Bonchev–Trinajstić information content (AvgIpc) is 3.14. The molecule has 1 aliphatic heterocycles. The molecule has 4 N–H and O–H groups in total. The highest BCUT2D eigenvalue weighted by Crippen LogP contribution is 2.15. The van der Waals surface area contributed by atoms with Crippen LogP contribution in [0.5, 0.6) is 0 Å². The third-order valence-corrected chi connectivity index (χ3v) is 3.93. The fourth-order valence-corrected chi connectivity index (χ4v) is 2.48. The summed E-state index contributed by atoms with van der Waals surface area (Å²) in [5, 5.41) is 11.8. The van der Waals surface area contributed by atoms with E-state index < -0.39 is 12.0 Å². The summed E-state index contributed by atoms with van der Waals surface area (Å²) in [5.41, 5.74) is 6.97. The molecule has 0 spiro atoms. The van der Waals surface area contributed by atoms with Crippen LogP contribution in [0.2, 0.25) is 0 Å². The second kappa shape index (κ2) is 10.7. The maximum Gasteiger partial charge on any atom is 0.337 e. The number of anilines is 1. The molecule has 28 heavy (non-hydrogen) atoms. The van der Waals surface area contributed by atoms with Gasteiger partial charge in [-0.2, -0.15) is 0 Å². The molecule has 0 aliphatic carbocycles. The number of nitrogens with two attached hydrogens (primary N) is 1. The first-order chi connectivity index (χ1) is 13.5. The van der Waals surface area contributed by atoms with E-state index in [0.717, 1.165) is 6.42 Å². The summed E-state index contributed by atoms with van der Waals surface area (Å²) in [5.74, 6) is -0.914. The number of rotatable bonds is 9. The highest BCUT2D eigenvalue weighted by Gasteiger charge is 2.20. The van der Waals surface area contributed by atoms with Gasteiger partial charge in [0.25, 0.3) is 0 Å². The van der Waals surface area contributed by atoms with Crippen LogP contribution in [-0.4, -0.2) is 41.1 Å². The second-order valence-electron chi connectivity index (χ2n) is 6.08. The molecule has 0 saturated heterocycles. The van der Waals surface area contributed by atoms with Gasteiger partial charge in [0.05, 0.1) is 29.5 Å². The van der Waals surface area contributed by atoms with Gasteiger partial charge in [-0.05, 0) is 31.6 Å². The number of benzene rings is 1. The van der Waals surface area contributed by atoms with Gasteiger partial charge in [0, 0.05) is 6.42 Å². The van der Waals surface area contributed by atoms with E-state index in [-0.39, 0.29) is 23.6 Å². The first kappa shape index (κ1) is 21.0. The third-order valence-electron chi connectivity index (χ3n) is 3.93. The Morgan fingerprint density at radius 1 is 1.29 bits per heavy atom. The number of nitrogens with zero attached hydrogens (tertiary/aromatic N) is 2. The molecule has 0 saturated carbocycles. The van der Waals surface area contributed by atoms with Crippen molar-refractivity contribution in [2.24, 2.45) is 15.7 Å². The highest BCUT2D eigenvalue weighted by molar-refractivity contribution is 6.11. The number of amidine groups is 1. The standard InChI is InChI=1S/C21H24N4O3/c1-2-3-4-5-6-7-12-19-23-14-18(24-19)16(22)13-20(26)25-17-11-9-8-10-15(17)21(27)28/h2-3,5-12,16H,4,13-14,22H2,1H3,(H,25,26)(H,27,28)/b3-2-,6-5?,12-7+. The van der Waals surface area contributed by atoms with Crippen molar-refractivity contribution in [2.75, 3.05) is 11.9 Å². The number of aromatic carboxylic acids is 1. The Labute approximate surface area is 164 Å². The number of carboxylic acid groups (broad SMARTS) is 1. The van der Waals surface area contributed by atoms with Crippen molar-refractivity contribution in [3.05, 3.63) is 66.3 Å². The van der Waals surface area contributed by atoms with Crippen molar-refractivity contribution < 1.29 is 14.7 Å². The van der Waals surface area contributed by atoms with Gasteiger partial charge in [-0.25, -0.2) is 9.79 Å². The molecule has 2 rings (SSSR count). The van der Waals surface area contributed by atoms with E-state index >= 15 is 0 Å². The van der Waals surface area contributed by atoms with Crippen LogP contribution in [0.1, 0.15) is 30.1 Å². The van der Waals surface area contributed by atoms with Gasteiger partial charge in [0.1, 0.15) is 5.84 Å². The van der Waals surface area contributed by atoms with Crippen LogP contribution >= 0.6 is 0 Å². The molecule has 0 bridgehead atoms. The minimum atomic E-state index is -1.11. The molecule has 1 aromatic carbocycles. The summed E-state index contributed by atoms with van der Waals surface area (Å²) < 4.78 is 0. The number of carbonyl (C=O) groups is 2. The zero-order chi connectivity index (χ0) is 20.4. The van der Waals surface area contributed by atoms with Crippen molar-refractivity contribution in [3.8, 4) is 0 Å². The van der Waals surface area contributed by atoms with Crippen LogP contribution in [0.15, 0.2) is 70.7 Å². The van der Waals surface area contributed by atoms with E-state index in [9.17, 15) is 9.59 Å². The van der Waals surface area contributed by atoms with E-state index in [1.54, 1.807) is 18.2 Å². The molecule has 1 atom stereocenters. The predicted octanol–water partition coefficient (Wildman–Crippen LogP) is 2.97. The molecule has 0 fully saturated rings. The first-order valence-corrected chi connectivity index (χ1v) is 8.95. The van der Waals surface area contributed by atoms with Crippen LogP contribution in [-0.2, 0) is 4.79 Å². The monoisotopic (exact) mass is 380 g/mol. The van der Waals surface area contributed by atoms with Crippen LogP contribution in [0.25, 0.3) is 0 Å². The van der Waals surface area contributed by atoms with Crippen LogP contribution in [0.4, 0.5) is 5.69 Å². The van der Waals surface area contributed by atoms with Gasteiger partial charge in [0.15, 0.2) is 0 Å². The number of nitrogens with one attached hydrogen (secondary N) is 1. The molecule has 1 unspecified atom stereocenters. The lowest BCUT2D eigenvalue weighted by Crippen LogP contribution is -2.35. The lowest BCUT2D eigenvalue weighted by atomic mass is 10.1. The normalized spacial score (nSPS) is 15.2. The van der Waals surface area contributed by atoms with Gasteiger partial charge in [-0.1, -0.05) is 42.5 Å². The van der Waals surface area contributed by atoms with Crippen LogP contribution < -0.4 is 11.1 Å². The Kier molecular flexibility index (Phi) is 8.05. The van der Waals surface area contributed by atoms with Gasteiger partial charge >= 0.3 is 5.97 Å². The third kappa shape index (κ3) is 6.44. The largest absolute Gasteiger partial charge is 0.478 e. The van der Waals surface area contributed by atoms with Crippen LogP contribution in [0, 0.1) is 0 Å². The molecule has 146 valence electrons. The number of amides is 1. The molecule has 1 heterocycles. The minimum absolute atomic E-state index is 0.0114. The van der Waals surface area contributed by atoms with Crippen LogP contribution in [0.3, 0.4) is 0 Å². The first-order valence-electron chi connectivity index (χ1n) is 8.95. The van der Waals surface area contributed by atoms with E-state index in [2.05, 4.69) is 15.3 Å². The Morgan fingerprint density at radius 3 is 2.82 bits per heavy atom. The fraction of sp³-hybridized carbons (Fsp3) is 0.238. The summed E-state index contributed by atoms with van der Waals surface area (Å²) in [7, 11) is 0. The highest BCUT2D eigenvalue weighted by atomic mass is 16.4. The zero-order valence-electron chi connectivity index (χ0n) is 15.7. The quantitative estimate of drug-likeness (QED) is 0.451. The Balaban J connectivity index is 1.89. The van der Waals surface area contributed by atoms with Gasteiger partial charge in [0.2, 0.25) is 5.91 Å². The molecule has 7 nitrogen and oxygen atoms in total. The Bertz CT molecular complexity index is 866. The molecule has 1 aromatic rings. The van der Waals surface area contributed by atoms with Crippen molar-refractivity contribution in [2.45, 2.75) is 25.8 Å². The Hall–Kier alpha value is -3.32. The van der Waals surface area contributed by atoms with Crippen molar-refractivity contribution >= 4 is 29.1 Å². The number of hydrogen-bond donors (Lipinski definition) is 3. The molecule has 1 aliphatic rings. The molecule has 0 aromatic heterocycles. The van der Waals surface area contributed by atoms with Crippen molar-refractivity contribution in [1.29, 1.82) is 0 Å². The van der Waals surface area contributed by atoms with Gasteiger partial charge < -0.3 is 16.2 Å². The van der Waals surface area contributed by atoms with Crippen molar-refractivity contribution in [3.63, 3.8) is 0 Å². The molecular weight excluding hydrogens is 356 g/mol. The lowest BCUT2D eigenvalue weighted by Gasteiger charge is -2.12. The van der Waals surface area contributed by atoms with Crippen molar-refractivity contribution in [1.82, 2.24) is 0 Å². The molecule has 1 amide bonds. The summed E-state index contributed by atoms with van der Waals surface area (Å²) in [6, 6.07) is 5.63. The molecule has 0 radical (unpaired) electrons. The summed E-state index contributed by atoms with van der Waals surface area (Å²) in [4.78, 5) is 32.1. The number of aliphatic imine (C=N–C) groups is 2. The molecule has 7 heteroatoms. The number of hydrogen-bond acceptors (Lipinski definition) is 5. The van der Waals surface area contributed by atoms with Gasteiger partial charge in [-0.15, -0.1) is 0 Å². The zero-order valence-corrected chi connectivity index (χ0v) is 15.7. The number of carboxylic acids is 1. The smallest absolute Gasteiger partial charge is 0.337 e. The lowest BCUT2D eigenvalue weighted by molar-refractivity contribution is -0.116. The van der Waals surface area contributed by atoms with E-state index in [0.29, 0.717) is 18.1 Å². The minimum Gasteiger partial charge on any atom is -0.478 e. The number of carbonyl (C=O) groups excluding carboxylic acids is 1. The number of para-hydroxylation sites is 1. The summed E-state index contributed by atoms with van der Waals surface area (Å²) in [6.07, 6.45) is 12.5. The SMILES string of the molecule is C/C=C\CC=C/C=C/C1=NCC(C(N)CC(=O)Nc2ccccc2C(=O)O)=N1. The maximum absolute atomic E-state index is 12.2. The molecular formula is C21H24N4O3. The second-order valence-corrected chi connectivity index (χ2v) is 6.08. The van der Waals surface area contributed by atoms with E-state index in [1.807, 2.05) is 37.3 Å². The topological polar surface area (TPSA) is 117 Å². The maximum atomic E-state index is 12.2. The van der Waals surface area contributed by atoms with Gasteiger partial charge in [-0.3, -0.25) is 9.79 Å². The average molecular weight is 380 g/mol. The predicted molar refractivity (Wildman–Crippen MR) is 112 cm³/mol.